The summed E-state index contributed by atoms with van der Waals surface area (Å²) >= 11 is 0. The Kier molecular flexibility index (Phi) is 1.68. The van der Waals surface area contributed by atoms with Gasteiger partial charge in [0.05, 0.1) is 5.60 Å². The van der Waals surface area contributed by atoms with Crippen LogP contribution in [-0.2, 0) is 0 Å². The number of hydrogen-bond acceptors (Lipinski definition) is 2. The maximum Gasteiger partial charge on any atom is 0.405 e. The van der Waals surface area contributed by atoms with Gasteiger partial charge in [-0.05, 0) is 50.4 Å². The lowest BCUT2D eigenvalue weighted by atomic mass is 9.51. The predicted molar refractivity (Wildman–Crippen MR) is 53.5 cm³/mol. The van der Waals surface area contributed by atoms with Gasteiger partial charge in [-0.15, -0.1) is 0 Å². The van der Waals surface area contributed by atoms with E-state index < -0.39 is 11.7 Å². The van der Waals surface area contributed by atoms with E-state index in [1.807, 2.05) is 0 Å². The molecule has 2 unspecified atom stereocenters. The number of carbonyl (C=O) groups is 1. The number of amides is 1. The van der Waals surface area contributed by atoms with Gasteiger partial charge in [0, 0.05) is 5.54 Å². The van der Waals surface area contributed by atoms with Crippen molar-refractivity contribution in [3.63, 3.8) is 0 Å². The van der Waals surface area contributed by atoms with Crippen LogP contribution in [0.4, 0.5) is 4.79 Å². The van der Waals surface area contributed by atoms with E-state index in [0.29, 0.717) is 18.3 Å². The molecule has 2 atom stereocenters. The molecule has 0 aromatic carbocycles. The number of nitrogens with one attached hydrogen (secondary N) is 1. The zero-order valence-electron chi connectivity index (χ0n) is 8.70. The lowest BCUT2D eigenvalue weighted by molar-refractivity contribution is -0.139. The lowest BCUT2D eigenvalue weighted by Crippen LogP contribution is -2.65. The van der Waals surface area contributed by atoms with Crippen LogP contribution >= 0.6 is 0 Å². The first kappa shape index (κ1) is 9.46. The van der Waals surface area contributed by atoms with Crippen LogP contribution in [0.2, 0.25) is 0 Å². The summed E-state index contributed by atoms with van der Waals surface area (Å²) in [5, 5.41) is 21.9. The second-order valence-corrected chi connectivity index (χ2v) is 5.90. The van der Waals surface area contributed by atoms with Crippen LogP contribution in [0.3, 0.4) is 0 Å². The summed E-state index contributed by atoms with van der Waals surface area (Å²) in [4.78, 5) is 10.8. The van der Waals surface area contributed by atoms with Gasteiger partial charge in [-0.1, -0.05) is 0 Å². The van der Waals surface area contributed by atoms with Crippen molar-refractivity contribution in [3.05, 3.63) is 0 Å². The Morgan fingerprint density at radius 1 is 1.20 bits per heavy atom. The topological polar surface area (TPSA) is 69.6 Å². The fourth-order valence-corrected chi connectivity index (χ4v) is 4.59. The van der Waals surface area contributed by atoms with Crippen molar-refractivity contribution in [2.45, 2.75) is 49.7 Å². The molecule has 3 N–H and O–H groups in total. The minimum absolute atomic E-state index is 0.315. The Morgan fingerprint density at radius 3 is 2.27 bits per heavy atom. The molecule has 0 aliphatic heterocycles. The van der Waals surface area contributed by atoms with Crippen molar-refractivity contribution in [1.82, 2.24) is 5.32 Å². The van der Waals surface area contributed by atoms with Gasteiger partial charge in [-0.25, -0.2) is 4.79 Å². The summed E-state index contributed by atoms with van der Waals surface area (Å²) in [6.45, 7) is 0. The molecule has 1 amide bonds. The van der Waals surface area contributed by atoms with Crippen LogP contribution in [0.15, 0.2) is 0 Å². The molecular formula is C11H17NO3. The molecule has 4 heteroatoms. The highest BCUT2D eigenvalue weighted by molar-refractivity contribution is 5.65. The van der Waals surface area contributed by atoms with Crippen LogP contribution in [0, 0.1) is 11.8 Å². The van der Waals surface area contributed by atoms with Crippen molar-refractivity contribution >= 4 is 6.09 Å². The molecule has 84 valence electrons. The highest BCUT2D eigenvalue weighted by atomic mass is 16.4. The highest BCUT2D eigenvalue weighted by Crippen LogP contribution is 2.57. The number of hydrogen-bond donors (Lipinski definition) is 3. The molecule has 0 heterocycles. The predicted octanol–water partition coefficient (Wildman–Crippen LogP) is 1.34. The molecule has 0 aromatic heterocycles. The summed E-state index contributed by atoms with van der Waals surface area (Å²) in [7, 11) is 0. The molecule has 4 aliphatic carbocycles. The minimum Gasteiger partial charge on any atom is -0.465 e. The molecule has 0 saturated heterocycles. The van der Waals surface area contributed by atoms with Crippen molar-refractivity contribution in [1.29, 1.82) is 0 Å². The molecule has 0 aromatic rings. The SMILES string of the molecule is O=C(O)NC12CC3CC(CC(O)(C3)C1)C2. The first-order valence-electron chi connectivity index (χ1n) is 5.72. The number of carboxylic acid groups (broad SMARTS) is 1. The Balaban J connectivity index is 1.89. The van der Waals surface area contributed by atoms with Crippen molar-refractivity contribution in [2.24, 2.45) is 11.8 Å². The molecular weight excluding hydrogens is 194 g/mol. The van der Waals surface area contributed by atoms with E-state index in [0.717, 1.165) is 25.7 Å². The third kappa shape index (κ3) is 1.42. The summed E-state index contributed by atoms with van der Waals surface area (Å²) in [5.74, 6) is 1.06. The molecule has 4 rings (SSSR count). The summed E-state index contributed by atoms with van der Waals surface area (Å²) < 4.78 is 0. The molecule has 4 aliphatic rings. The van der Waals surface area contributed by atoms with Crippen LogP contribution in [0.25, 0.3) is 0 Å². The van der Waals surface area contributed by atoms with E-state index in [-0.39, 0.29) is 5.54 Å². The van der Waals surface area contributed by atoms with Crippen LogP contribution in [0.1, 0.15) is 38.5 Å². The van der Waals surface area contributed by atoms with Crippen LogP contribution in [-0.4, -0.2) is 27.4 Å². The quantitative estimate of drug-likeness (QED) is 0.613. The van der Waals surface area contributed by atoms with Crippen molar-refractivity contribution in [2.75, 3.05) is 0 Å². The summed E-state index contributed by atoms with van der Waals surface area (Å²) in [5.41, 5.74) is -0.892. The fourth-order valence-electron chi connectivity index (χ4n) is 4.59. The average Bonchev–Trinajstić information content (AvgIpc) is 1.94. The van der Waals surface area contributed by atoms with Gasteiger partial charge in [0.25, 0.3) is 0 Å². The second-order valence-electron chi connectivity index (χ2n) is 5.90. The van der Waals surface area contributed by atoms with E-state index >= 15 is 0 Å². The second kappa shape index (κ2) is 2.67. The van der Waals surface area contributed by atoms with E-state index in [2.05, 4.69) is 5.32 Å². The molecule has 15 heavy (non-hydrogen) atoms. The number of rotatable bonds is 1. The van der Waals surface area contributed by atoms with Gasteiger partial charge >= 0.3 is 6.09 Å². The highest BCUT2D eigenvalue weighted by Gasteiger charge is 2.57. The van der Waals surface area contributed by atoms with Gasteiger partial charge in [0.2, 0.25) is 0 Å². The smallest absolute Gasteiger partial charge is 0.405 e. The van der Waals surface area contributed by atoms with Gasteiger partial charge in [-0.3, -0.25) is 0 Å². The third-order valence-corrected chi connectivity index (χ3v) is 4.40. The normalized spacial score (nSPS) is 51.8. The monoisotopic (exact) mass is 211 g/mol. The Labute approximate surface area is 88.7 Å². The standard InChI is InChI=1S/C11H17NO3/c13-9(14)12-10-2-7-1-8(3-10)5-11(15,4-7)6-10/h7-8,12,15H,1-6H2,(H,13,14). The van der Waals surface area contributed by atoms with Crippen molar-refractivity contribution in [3.8, 4) is 0 Å². The molecule has 0 radical (unpaired) electrons. The maximum absolute atomic E-state index is 10.8. The molecule has 4 saturated carbocycles. The van der Waals surface area contributed by atoms with Gasteiger partial charge in [0.1, 0.15) is 0 Å². The molecule has 4 bridgehead atoms. The lowest BCUT2D eigenvalue weighted by Gasteiger charge is -2.59. The Bertz CT molecular complexity index is 301. The summed E-state index contributed by atoms with van der Waals surface area (Å²) in [6.07, 6.45) is 4.49. The van der Waals surface area contributed by atoms with E-state index in [9.17, 15) is 9.90 Å². The zero-order chi connectivity index (χ0) is 10.7. The third-order valence-electron chi connectivity index (χ3n) is 4.40. The van der Waals surface area contributed by atoms with Crippen LogP contribution in [0.5, 0.6) is 0 Å². The van der Waals surface area contributed by atoms with E-state index in [1.54, 1.807) is 0 Å². The summed E-state index contributed by atoms with van der Waals surface area (Å²) in [6, 6.07) is 0. The van der Waals surface area contributed by atoms with E-state index in [1.165, 1.54) is 6.42 Å². The minimum atomic E-state index is -0.944. The van der Waals surface area contributed by atoms with Gasteiger partial charge in [-0.2, -0.15) is 0 Å². The Hall–Kier alpha value is -0.770. The van der Waals surface area contributed by atoms with Crippen molar-refractivity contribution < 1.29 is 15.0 Å². The van der Waals surface area contributed by atoms with Gasteiger partial charge in [0.15, 0.2) is 0 Å². The fraction of sp³-hybridized carbons (Fsp3) is 0.909. The van der Waals surface area contributed by atoms with Crippen LogP contribution < -0.4 is 5.32 Å². The Morgan fingerprint density at radius 2 is 1.80 bits per heavy atom. The number of aliphatic hydroxyl groups is 1. The first-order chi connectivity index (χ1) is 6.99. The molecule has 4 fully saturated rings. The first-order valence-corrected chi connectivity index (χ1v) is 5.72. The largest absolute Gasteiger partial charge is 0.465 e. The maximum atomic E-state index is 10.8. The average molecular weight is 211 g/mol. The zero-order valence-corrected chi connectivity index (χ0v) is 8.70. The molecule has 4 nitrogen and oxygen atoms in total. The van der Waals surface area contributed by atoms with E-state index in [4.69, 9.17) is 5.11 Å². The van der Waals surface area contributed by atoms with Gasteiger partial charge < -0.3 is 15.5 Å². The molecule has 0 spiro atoms.